The van der Waals surface area contributed by atoms with E-state index in [4.69, 9.17) is 11.6 Å². The Balaban J connectivity index is 2.24. The van der Waals surface area contributed by atoms with Crippen LogP contribution in [0.2, 0.25) is 5.02 Å². The monoisotopic (exact) mass is 535 g/mol. The van der Waals surface area contributed by atoms with Gasteiger partial charge in [0.25, 0.3) is 15.6 Å². The van der Waals surface area contributed by atoms with E-state index >= 15 is 0 Å². The summed E-state index contributed by atoms with van der Waals surface area (Å²) in [5.41, 5.74) is -5.63. The van der Waals surface area contributed by atoms with Crippen molar-refractivity contribution in [1.82, 2.24) is 13.4 Å². The van der Waals surface area contributed by atoms with Crippen molar-refractivity contribution in [1.29, 1.82) is 0 Å². The number of benzene rings is 2. The molecule has 9 nitrogen and oxygen atoms in total. The number of halogens is 5. The average Bonchev–Trinajstić information content (AvgIpc) is 2.75. The Morgan fingerprint density at radius 1 is 1.11 bits per heavy atom. The molecule has 2 aromatic carbocycles. The molecule has 3 rings (SSSR count). The summed E-state index contributed by atoms with van der Waals surface area (Å²) in [5.74, 6) is -1.42. The van der Waals surface area contributed by atoms with Crippen LogP contribution >= 0.6 is 11.6 Å². The topological polar surface area (TPSA) is 119 Å². The number of amides is 1. The van der Waals surface area contributed by atoms with E-state index in [0.29, 0.717) is 19.2 Å². The largest absolute Gasteiger partial charge is 0.464 e. The number of rotatable bonds is 5. The molecule has 0 radical (unpaired) electrons. The van der Waals surface area contributed by atoms with Gasteiger partial charge in [-0.1, -0.05) is 41.9 Å². The van der Waals surface area contributed by atoms with Crippen molar-refractivity contribution in [2.45, 2.75) is 17.6 Å². The van der Waals surface area contributed by atoms with E-state index in [1.165, 1.54) is 24.3 Å². The summed E-state index contributed by atoms with van der Waals surface area (Å²) in [6.07, 6.45) is -7.00. The lowest BCUT2D eigenvalue weighted by Gasteiger charge is -2.21. The molecule has 15 heteroatoms. The van der Waals surface area contributed by atoms with Gasteiger partial charge in [-0.3, -0.25) is 9.36 Å². The van der Waals surface area contributed by atoms with Crippen LogP contribution in [0.25, 0.3) is 5.69 Å². The highest BCUT2D eigenvalue weighted by molar-refractivity contribution is 7.89. The highest BCUT2D eigenvalue weighted by atomic mass is 35.5. The van der Waals surface area contributed by atoms with E-state index in [2.05, 4.69) is 0 Å². The Bertz CT molecular complexity index is 1540. The Kier molecular flexibility index (Phi) is 6.81. The van der Waals surface area contributed by atoms with Gasteiger partial charge in [0.1, 0.15) is 16.4 Å². The molecule has 0 spiro atoms. The van der Waals surface area contributed by atoms with E-state index < -0.39 is 67.2 Å². The maximum Gasteiger partial charge on any atom is 0.431 e. The number of aromatic nitrogens is 2. The molecule has 0 saturated carbocycles. The van der Waals surface area contributed by atoms with Crippen LogP contribution in [0.5, 0.6) is 0 Å². The van der Waals surface area contributed by atoms with Gasteiger partial charge in [-0.05, 0) is 17.7 Å². The smallest absolute Gasteiger partial charge is 0.431 e. The van der Waals surface area contributed by atoms with Crippen molar-refractivity contribution in [2.24, 2.45) is 7.05 Å². The van der Waals surface area contributed by atoms with Crippen LogP contribution in [0, 0.1) is 5.82 Å². The number of nitrogens with zero attached hydrogens (tertiary/aromatic N) is 3. The Morgan fingerprint density at radius 3 is 2.26 bits per heavy atom. The van der Waals surface area contributed by atoms with Crippen molar-refractivity contribution in [3.8, 4) is 5.69 Å². The van der Waals surface area contributed by atoms with Gasteiger partial charge in [0.05, 0.1) is 17.3 Å². The van der Waals surface area contributed by atoms with Crippen LogP contribution in [-0.4, -0.2) is 33.1 Å². The minimum atomic E-state index is -5.08. The highest BCUT2D eigenvalue weighted by Gasteiger charge is 2.36. The maximum absolute atomic E-state index is 14.7. The number of carbonyl (C=O) groups is 1. The van der Waals surface area contributed by atoms with E-state index in [0.717, 1.165) is 0 Å². The van der Waals surface area contributed by atoms with Crippen molar-refractivity contribution in [3.63, 3.8) is 0 Å². The minimum Gasteiger partial charge on any atom is -0.464 e. The first-order valence-corrected chi connectivity index (χ1v) is 11.2. The predicted molar refractivity (Wildman–Crippen MR) is 114 cm³/mol. The predicted octanol–water partition coefficient (Wildman–Crippen LogP) is 3.22. The lowest BCUT2D eigenvalue weighted by molar-refractivity contribution is -0.144. The van der Waals surface area contributed by atoms with E-state index in [1.807, 2.05) is 0 Å². The molecule has 0 aliphatic rings. The zero-order valence-corrected chi connectivity index (χ0v) is 19.0. The number of hydrogen-bond acceptors (Lipinski definition) is 5. The summed E-state index contributed by atoms with van der Waals surface area (Å²) < 4.78 is 80.3. The number of carboxylic acid groups (broad SMARTS) is 1. The molecular formula is C20H14ClF4N3O6S. The summed E-state index contributed by atoms with van der Waals surface area (Å²) in [5, 5.41) is 8.72. The number of alkyl halides is 3. The van der Waals surface area contributed by atoms with Crippen LogP contribution in [0.15, 0.2) is 63.0 Å². The lowest BCUT2D eigenvalue weighted by atomic mass is 10.2. The molecule has 35 heavy (non-hydrogen) atoms. The van der Waals surface area contributed by atoms with Gasteiger partial charge in [-0.15, -0.1) is 0 Å². The van der Waals surface area contributed by atoms with Crippen LogP contribution in [-0.2, 0) is 29.8 Å². The second-order valence-corrected chi connectivity index (χ2v) is 9.29. The zero-order valence-electron chi connectivity index (χ0n) is 17.5. The first kappa shape index (κ1) is 26.0. The second-order valence-electron chi connectivity index (χ2n) is 7.06. The van der Waals surface area contributed by atoms with E-state index in [1.54, 1.807) is 6.07 Å². The van der Waals surface area contributed by atoms with Crippen LogP contribution in [0.4, 0.5) is 22.4 Å². The quantitative estimate of drug-likeness (QED) is 0.501. The van der Waals surface area contributed by atoms with Gasteiger partial charge in [-0.25, -0.2) is 27.0 Å². The van der Waals surface area contributed by atoms with Gasteiger partial charge in [-0.2, -0.15) is 17.5 Å². The molecule has 0 aliphatic heterocycles. The molecule has 0 aliphatic carbocycles. The minimum absolute atomic E-state index is 0.00113. The molecule has 0 bridgehead atoms. The molecule has 0 unspecified atom stereocenters. The van der Waals surface area contributed by atoms with Crippen LogP contribution < -0.4 is 11.2 Å². The van der Waals surface area contributed by atoms with Crippen molar-refractivity contribution >= 4 is 27.7 Å². The average molecular weight is 536 g/mol. The SMILES string of the molecule is Cn1c(C(F)(F)F)cc(=O)n(-c2cc(S(=O)(=O)N(Cc3ccccc3)C(=O)O)c(Cl)cc2F)c1=O. The molecule has 186 valence electrons. The molecule has 1 aromatic heterocycles. The zero-order chi connectivity index (χ0) is 26.3. The third-order valence-electron chi connectivity index (χ3n) is 4.80. The first-order chi connectivity index (χ1) is 16.2. The maximum atomic E-state index is 14.7. The normalized spacial score (nSPS) is 11.9. The van der Waals surface area contributed by atoms with Crippen LogP contribution in [0.1, 0.15) is 11.3 Å². The third kappa shape index (κ3) is 4.93. The van der Waals surface area contributed by atoms with E-state index in [-0.39, 0.29) is 25.1 Å². The Labute approximate surface area is 199 Å². The summed E-state index contributed by atoms with van der Waals surface area (Å²) in [4.78, 5) is 35.6. The van der Waals surface area contributed by atoms with Crippen LogP contribution in [0.3, 0.4) is 0 Å². The molecule has 1 heterocycles. The molecule has 0 fully saturated rings. The molecule has 0 saturated heterocycles. The third-order valence-corrected chi connectivity index (χ3v) is 6.99. The standard InChI is InChI=1S/C20H14ClF4N3O6S/c1-26-16(20(23,24)25)9-17(29)28(18(26)30)14-8-15(12(21)7-13(14)22)35(33,34)27(19(31)32)10-11-5-3-2-4-6-11/h2-9H,10H2,1H3,(H,31,32). The summed E-state index contributed by atoms with van der Waals surface area (Å²) in [7, 11) is -4.33. The molecule has 3 aromatic rings. The van der Waals surface area contributed by atoms with E-state index in [9.17, 15) is 45.5 Å². The Morgan fingerprint density at radius 2 is 1.71 bits per heavy atom. The van der Waals surface area contributed by atoms with Gasteiger partial charge >= 0.3 is 18.0 Å². The summed E-state index contributed by atoms with van der Waals surface area (Å²) >= 11 is 5.86. The number of sulfonamides is 1. The lowest BCUT2D eigenvalue weighted by Crippen LogP contribution is -2.41. The fourth-order valence-electron chi connectivity index (χ4n) is 3.13. The molecule has 1 amide bonds. The van der Waals surface area contributed by atoms with Crippen molar-refractivity contribution in [3.05, 3.63) is 91.5 Å². The summed E-state index contributed by atoms with van der Waals surface area (Å²) in [6.45, 7) is -0.663. The van der Waals surface area contributed by atoms with Gasteiger partial charge in [0, 0.05) is 13.1 Å². The first-order valence-electron chi connectivity index (χ1n) is 9.35. The van der Waals surface area contributed by atoms with Gasteiger partial charge in [0.2, 0.25) is 0 Å². The highest BCUT2D eigenvalue weighted by Crippen LogP contribution is 2.30. The molecular weight excluding hydrogens is 522 g/mol. The molecule has 1 N–H and O–H groups in total. The number of hydrogen-bond donors (Lipinski definition) is 1. The fourth-order valence-corrected chi connectivity index (χ4v) is 4.90. The Hall–Kier alpha value is -3.65. The van der Waals surface area contributed by atoms with Crippen molar-refractivity contribution in [2.75, 3.05) is 0 Å². The second kappa shape index (κ2) is 9.19. The van der Waals surface area contributed by atoms with Crippen molar-refractivity contribution < 1.29 is 35.9 Å². The van der Waals surface area contributed by atoms with Gasteiger partial charge in [0.15, 0.2) is 0 Å². The summed E-state index contributed by atoms with van der Waals surface area (Å²) in [6, 6.07) is 8.37. The fraction of sp³-hybridized carbons (Fsp3) is 0.150. The van der Waals surface area contributed by atoms with Gasteiger partial charge < -0.3 is 5.11 Å². The molecule has 0 atom stereocenters.